The van der Waals surface area contributed by atoms with Crippen LogP contribution in [-0.4, -0.2) is 23.3 Å². The van der Waals surface area contributed by atoms with Gasteiger partial charge in [-0.05, 0) is 42.9 Å². The van der Waals surface area contributed by atoms with Crippen LogP contribution in [-0.2, 0) is 9.53 Å². The third-order valence-corrected chi connectivity index (χ3v) is 3.86. The lowest BCUT2D eigenvalue weighted by Gasteiger charge is -2.27. The van der Waals surface area contributed by atoms with E-state index in [2.05, 4.69) is 0 Å². The fourth-order valence-corrected chi connectivity index (χ4v) is 2.59. The summed E-state index contributed by atoms with van der Waals surface area (Å²) < 4.78 is 18.2. The van der Waals surface area contributed by atoms with E-state index < -0.39 is 6.10 Å². The van der Waals surface area contributed by atoms with Gasteiger partial charge in [0, 0.05) is 0 Å². The molecule has 0 aromatic heterocycles. The maximum atomic E-state index is 12.8. The lowest BCUT2D eigenvalue weighted by atomic mass is 9.94. The zero-order valence-electron chi connectivity index (χ0n) is 11.7. The molecule has 1 aliphatic carbocycles. The zero-order valence-corrected chi connectivity index (χ0v) is 11.7. The van der Waals surface area contributed by atoms with Crippen molar-refractivity contribution in [2.75, 3.05) is 0 Å². The summed E-state index contributed by atoms with van der Waals surface area (Å²) in [6.07, 6.45) is 2.76. The third kappa shape index (κ3) is 4.04. The van der Waals surface area contributed by atoms with Crippen LogP contribution in [0.2, 0.25) is 0 Å². The highest BCUT2D eigenvalue weighted by Gasteiger charge is 2.27. The second-order valence-electron chi connectivity index (χ2n) is 5.54. The van der Waals surface area contributed by atoms with Crippen molar-refractivity contribution >= 4 is 5.97 Å². The number of hydrogen-bond donors (Lipinski definition) is 1. The normalized spacial score (nSPS) is 24.1. The molecule has 110 valence electrons. The number of aliphatic hydroxyl groups is 1. The molecule has 2 rings (SSSR count). The topological polar surface area (TPSA) is 46.5 Å². The highest BCUT2D eigenvalue weighted by atomic mass is 19.1. The first-order valence-electron chi connectivity index (χ1n) is 7.19. The van der Waals surface area contributed by atoms with Gasteiger partial charge in [-0.1, -0.05) is 25.5 Å². The Kier molecular flexibility index (Phi) is 5.12. The highest BCUT2D eigenvalue weighted by Crippen LogP contribution is 2.24. The van der Waals surface area contributed by atoms with Gasteiger partial charge in [0.25, 0.3) is 0 Å². The molecule has 3 atom stereocenters. The first kappa shape index (κ1) is 15.0. The van der Waals surface area contributed by atoms with E-state index in [0.717, 1.165) is 24.8 Å². The highest BCUT2D eigenvalue weighted by molar-refractivity contribution is 5.70. The molecular weight excluding hydrogens is 259 g/mol. The summed E-state index contributed by atoms with van der Waals surface area (Å²) in [5.74, 6) is -0.606. The molecule has 0 aliphatic heterocycles. The van der Waals surface area contributed by atoms with E-state index in [-0.39, 0.29) is 30.2 Å². The number of benzene rings is 1. The summed E-state index contributed by atoms with van der Waals surface area (Å²) in [5, 5.41) is 9.78. The predicted octanol–water partition coefficient (Wildman–Crippen LogP) is 3.17. The minimum atomic E-state index is -0.533. The van der Waals surface area contributed by atoms with E-state index in [1.807, 2.05) is 6.92 Å². The van der Waals surface area contributed by atoms with Gasteiger partial charge in [0.05, 0.1) is 12.5 Å². The summed E-state index contributed by atoms with van der Waals surface area (Å²) >= 11 is 0. The molecule has 2 unspecified atom stereocenters. The SMILES string of the molecule is CC(CC(=O)O[C@@H]1CCCCC1O)c1ccc(F)cc1. The number of carbonyl (C=O) groups excluding carboxylic acids is 1. The van der Waals surface area contributed by atoms with E-state index in [4.69, 9.17) is 4.74 Å². The van der Waals surface area contributed by atoms with E-state index in [1.54, 1.807) is 12.1 Å². The summed E-state index contributed by atoms with van der Waals surface area (Å²) in [4.78, 5) is 11.9. The number of rotatable bonds is 4. The number of carbonyl (C=O) groups is 1. The minimum absolute atomic E-state index is 0.0242. The Morgan fingerprint density at radius 2 is 2.00 bits per heavy atom. The van der Waals surface area contributed by atoms with Crippen LogP contribution in [0.1, 0.15) is 50.5 Å². The van der Waals surface area contributed by atoms with Crippen molar-refractivity contribution in [3.63, 3.8) is 0 Å². The summed E-state index contributed by atoms with van der Waals surface area (Å²) in [7, 11) is 0. The average Bonchev–Trinajstić information content (AvgIpc) is 2.42. The second kappa shape index (κ2) is 6.84. The second-order valence-corrected chi connectivity index (χ2v) is 5.54. The predicted molar refractivity (Wildman–Crippen MR) is 73.8 cm³/mol. The van der Waals surface area contributed by atoms with E-state index >= 15 is 0 Å². The van der Waals surface area contributed by atoms with Crippen molar-refractivity contribution in [2.45, 2.75) is 57.2 Å². The van der Waals surface area contributed by atoms with Crippen molar-refractivity contribution in [2.24, 2.45) is 0 Å². The number of aliphatic hydroxyl groups excluding tert-OH is 1. The standard InChI is InChI=1S/C16H21FO3/c1-11(12-6-8-13(17)9-7-12)10-16(19)20-15-5-3-2-4-14(15)18/h6-9,11,14-15,18H,2-5,10H2,1H3/t11?,14?,15-/m1/s1. The van der Waals surface area contributed by atoms with E-state index in [1.165, 1.54) is 12.1 Å². The number of esters is 1. The fraction of sp³-hybridized carbons (Fsp3) is 0.562. The molecule has 1 aromatic rings. The molecule has 20 heavy (non-hydrogen) atoms. The van der Waals surface area contributed by atoms with Crippen molar-refractivity contribution in [3.8, 4) is 0 Å². The molecule has 3 nitrogen and oxygen atoms in total. The van der Waals surface area contributed by atoms with Crippen LogP contribution in [0.3, 0.4) is 0 Å². The maximum Gasteiger partial charge on any atom is 0.306 e. The van der Waals surface area contributed by atoms with Crippen molar-refractivity contribution in [1.29, 1.82) is 0 Å². The molecule has 1 aliphatic rings. The number of hydrogen-bond acceptors (Lipinski definition) is 3. The van der Waals surface area contributed by atoms with Gasteiger partial charge in [-0.25, -0.2) is 4.39 Å². The van der Waals surface area contributed by atoms with Crippen LogP contribution in [0.4, 0.5) is 4.39 Å². The van der Waals surface area contributed by atoms with Crippen LogP contribution in [0.5, 0.6) is 0 Å². The van der Waals surface area contributed by atoms with Gasteiger partial charge >= 0.3 is 5.97 Å². The van der Waals surface area contributed by atoms with Crippen molar-refractivity contribution in [1.82, 2.24) is 0 Å². The molecule has 1 saturated carbocycles. The lowest BCUT2D eigenvalue weighted by molar-refractivity contribution is -0.157. The van der Waals surface area contributed by atoms with Gasteiger partial charge in [0.15, 0.2) is 0 Å². The van der Waals surface area contributed by atoms with Gasteiger partial charge in [0.1, 0.15) is 11.9 Å². The molecule has 0 saturated heterocycles. The monoisotopic (exact) mass is 280 g/mol. The molecular formula is C16H21FO3. The largest absolute Gasteiger partial charge is 0.460 e. The Bertz CT molecular complexity index is 444. The van der Waals surface area contributed by atoms with Crippen LogP contribution in [0, 0.1) is 5.82 Å². The van der Waals surface area contributed by atoms with Crippen LogP contribution in [0.25, 0.3) is 0 Å². The average molecular weight is 280 g/mol. The van der Waals surface area contributed by atoms with Crippen molar-refractivity contribution in [3.05, 3.63) is 35.6 Å². The van der Waals surface area contributed by atoms with Crippen LogP contribution >= 0.6 is 0 Å². The van der Waals surface area contributed by atoms with Crippen LogP contribution < -0.4 is 0 Å². The van der Waals surface area contributed by atoms with Crippen molar-refractivity contribution < 1.29 is 19.0 Å². The number of halogens is 1. The molecule has 4 heteroatoms. The first-order valence-corrected chi connectivity index (χ1v) is 7.19. The maximum absolute atomic E-state index is 12.8. The Hall–Kier alpha value is -1.42. The Balaban J connectivity index is 1.85. The van der Waals surface area contributed by atoms with E-state index in [0.29, 0.717) is 6.42 Å². The van der Waals surface area contributed by atoms with Gasteiger partial charge in [0.2, 0.25) is 0 Å². The molecule has 1 aromatic carbocycles. The fourth-order valence-electron chi connectivity index (χ4n) is 2.59. The third-order valence-electron chi connectivity index (χ3n) is 3.86. The van der Waals surface area contributed by atoms with E-state index in [9.17, 15) is 14.3 Å². The quantitative estimate of drug-likeness (QED) is 0.862. The molecule has 1 fully saturated rings. The molecule has 0 amide bonds. The van der Waals surface area contributed by atoms with Gasteiger partial charge in [-0.2, -0.15) is 0 Å². The summed E-state index contributed by atoms with van der Waals surface area (Å²) in [5.41, 5.74) is 0.910. The Morgan fingerprint density at radius 3 is 2.65 bits per heavy atom. The summed E-state index contributed by atoms with van der Waals surface area (Å²) in [6.45, 7) is 1.91. The minimum Gasteiger partial charge on any atom is -0.460 e. The Morgan fingerprint density at radius 1 is 1.35 bits per heavy atom. The van der Waals surface area contributed by atoms with Crippen LogP contribution in [0.15, 0.2) is 24.3 Å². The lowest BCUT2D eigenvalue weighted by Crippen LogP contribution is -2.34. The molecule has 0 radical (unpaired) electrons. The smallest absolute Gasteiger partial charge is 0.306 e. The first-order chi connectivity index (χ1) is 9.56. The molecule has 0 spiro atoms. The molecule has 1 N–H and O–H groups in total. The molecule has 0 bridgehead atoms. The number of ether oxygens (including phenoxy) is 1. The van der Waals surface area contributed by atoms with Gasteiger partial charge < -0.3 is 9.84 Å². The zero-order chi connectivity index (χ0) is 14.5. The molecule has 0 heterocycles. The summed E-state index contributed by atoms with van der Waals surface area (Å²) in [6, 6.07) is 6.15. The van der Waals surface area contributed by atoms with Gasteiger partial charge in [-0.15, -0.1) is 0 Å². The van der Waals surface area contributed by atoms with Gasteiger partial charge in [-0.3, -0.25) is 4.79 Å². The Labute approximate surface area is 118 Å².